The maximum Gasteiger partial charge on any atom is 0.325 e. The summed E-state index contributed by atoms with van der Waals surface area (Å²) < 4.78 is 29.8. The molecule has 162 valence electrons. The van der Waals surface area contributed by atoms with E-state index in [0.29, 0.717) is 22.4 Å². The lowest BCUT2D eigenvalue weighted by Crippen LogP contribution is -2.42. The van der Waals surface area contributed by atoms with Crippen molar-refractivity contribution in [2.45, 2.75) is 25.4 Å². The van der Waals surface area contributed by atoms with E-state index in [-0.39, 0.29) is 12.0 Å². The number of ketones is 1. The van der Waals surface area contributed by atoms with E-state index in [1.165, 1.54) is 6.92 Å². The highest BCUT2D eigenvalue weighted by molar-refractivity contribution is 6.14. The maximum atomic E-state index is 14.3. The second kappa shape index (κ2) is 7.89. The Labute approximate surface area is 181 Å². The molecule has 1 fully saturated rings. The van der Waals surface area contributed by atoms with E-state index in [1.54, 1.807) is 35.0 Å². The predicted octanol–water partition coefficient (Wildman–Crippen LogP) is 3.48. The molecule has 1 aromatic heterocycles. The van der Waals surface area contributed by atoms with Crippen LogP contribution in [0.5, 0.6) is 0 Å². The van der Waals surface area contributed by atoms with Crippen molar-refractivity contribution in [3.05, 3.63) is 71.4 Å². The van der Waals surface area contributed by atoms with E-state index in [9.17, 15) is 23.2 Å². The highest BCUT2D eigenvalue weighted by Gasteiger charge is 2.51. The van der Waals surface area contributed by atoms with Crippen LogP contribution in [-0.2, 0) is 16.9 Å². The number of nitriles is 1. The molecule has 0 aliphatic carbocycles. The molecule has 1 atom stereocenters. The summed E-state index contributed by atoms with van der Waals surface area (Å²) in [5.74, 6) is -2.96. The van der Waals surface area contributed by atoms with Crippen molar-refractivity contribution in [1.29, 1.82) is 5.26 Å². The first-order valence-electron chi connectivity index (χ1n) is 9.84. The van der Waals surface area contributed by atoms with E-state index in [0.717, 1.165) is 23.7 Å². The number of aromatic nitrogens is 1. The Morgan fingerprint density at radius 1 is 1.19 bits per heavy atom. The molecule has 1 aliphatic rings. The molecular weight excluding hydrogens is 418 g/mol. The molecule has 1 N–H and O–H groups in total. The van der Waals surface area contributed by atoms with Gasteiger partial charge in [-0.1, -0.05) is 18.2 Å². The van der Waals surface area contributed by atoms with Crippen LogP contribution in [0.3, 0.4) is 0 Å². The first kappa shape index (κ1) is 21.2. The molecule has 2 aromatic carbocycles. The molecule has 1 saturated heterocycles. The van der Waals surface area contributed by atoms with E-state index in [2.05, 4.69) is 11.4 Å². The summed E-state index contributed by atoms with van der Waals surface area (Å²) in [7, 11) is 0. The van der Waals surface area contributed by atoms with E-state index in [1.807, 2.05) is 0 Å². The summed E-state index contributed by atoms with van der Waals surface area (Å²) in [5.41, 5.74) is -1.12. The van der Waals surface area contributed by atoms with Crippen LogP contribution in [0.2, 0.25) is 0 Å². The molecule has 7 nitrogen and oxygen atoms in total. The lowest BCUT2D eigenvalue weighted by Gasteiger charge is -2.22. The van der Waals surface area contributed by atoms with Gasteiger partial charge in [-0.05, 0) is 31.2 Å². The van der Waals surface area contributed by atoms with Crippen LogP contribution in [0.25, 0.3) is 10.9 Å². The molecule has 2 heterocycles. The zero-order valence-electron chi connectivity index (χ0n) is 17.1. The highest BCUT2D eigenvalue weighted by Crippen LogP contribution is 2.32. The molecule has 32 heavy (non-hydrogen) atoms. The van der Waals surface area contributed by atoms with Gasteiger partial charge in [-0.3, -0.25) is 14.5 Å². The fourth-order valence-corrected chi connectivity index (χ4v) is 3.96. The molecule has 1 aliphatic heterocycles. The molecule has 0 saturated carbocycles. The molecular formula is C23H18F2N4O3. The minimum atomic E-state index is -1.84. The fourth-order valence-electron chi connectivity index (χ4n) is 3.96. The quantitative estimate of drug-likeness (QED) is 0.473. The van der Waals surface area contributed by atoms with Gasteiger partial charge >= 0.3 is 6.03 Å². The number of benzene rings is 2. The number of carbonyl (C=O) groups is 3. The Bertz CT molecular complexity index is 1310. The van der Waals surface area contributed by atoms with Gasteiger partial charge in [-0.15, -0.1) is 0 Å². The van der Waals surface area contributed by atoms with Crippen LogP contribution in [0.1, 0.15) is 29.3 Å². The number of imide groups is 1. The zero-order chi connectivity index (χ0) is 23.0. The zero-order valence-corrected chi connectivity index (χ0v) is 17.1. The number of nitrogens with zero attached hydrogens (tertiary/aromatic N) is 3. The normalized spacial score (nSPS) is 18.1. The van der Waals surface area contributed by atoms with Crippen LogP contribution < -0.4 is 5.32 Å². The van der Waals surface area contributed by atoms with Crippen molar-refractivity contribution < 1.29 is 23.2 Å². The Hall–Kier alpha value is -4.06. The third kappa shape index (κ3) is 3.39. The fraction of sp³-hybridized carbons (Fsp3) is 0.217. The van der Waals surface area contributed by atoms with Crippen LogP contribution >= 0.6 is 0 Å². The second-order valence-corrected chi connectivity index (χ2v) is 7.66. The van der Waals surface area contributed by atoms with Crippen molar-refractivity contribution in [2.75, 3.05) is 6.54 Å². The van der Waals surface area contributed by atoms with E-state index in [4.69, 9.17) is 5.26 Å². The molecule has 3 amide bonds. The van der Waals surface area contributed by atoms with Crippen LogP contribution in [0.4, 0.5) is 13.6 Å². The number of aryl methyl sites for hydroxylation is 1. The van der Waals surface area contributed by atoms with Crippen molar-refractivity contribution >= 4 is 28.6 Å². The molecule has 1 unspecified atom stereocenters. The lowest BCUT2D eigenvalue weighted by molar-refractivity contribution is -0.130. The third-order valence-corrected chi connectivity index (χ3v) is 5.60. The van der Waals surface area contributed by atoms with Crippen LogP contribution in [-0.4, -0.2) is 33.7 Å². The summed E-state index contributed by atoms with van der Waals surface area (Å²) in [6.45, 7) is 1.08. The summed E-state index contributed by atoms with van der Waals surface area (Å²) in [4.78, 5) is 39.3. The first-order chi connectivity index (χ1) is 15.3. The number of carbonyl (C=O) groups excluding carboxylic acids is 3. The minimum Gasteiger partial charge on any atom is -0.346 e. The average molecular weight is 436 g/mol. The van der Waals surface area contributed by atoms with Gasteiger partial charge in [-0.25, -0.2) is 13.6 Å². The number of amides is 3. The number of Topliss-reactive ketones (excluding diaryl/α,β-unsaturated/α-hetero) is 1. The summed E-state index contributed by atoms with van der Waals surface area (Å²) in [6, 6.07) is 10.9. The summed E-state index contributed by atoms with van der Waals surface area (Å²) in [5, 5.41) is 11.9. The van der Waals surface area contributed by atoms with E-state index >= 15 is 0 Å². The number of rotatable bonds is 6. The number of nitrogens with one attached hydrogen (secondary N) is 1. The van der Waals surface area contributed by atoms with Gasteiger partial charge in [0.15, 0.2) is 5.78 Å². The highest BCUT2D eigenvalue weighted by atomic mass is 19.1. The third-order valence-electron chi connectivity index (χ3n) is 5.60. The van der Waals surface area contributed by atoms with Gasteiger partial charge in [0.05, 0.1) is 19.0 Å². The number of hydrogen-bond acceptors (Lipinski definition) is 4. The summed E-state index contributed by atoms with van der Waals surface area (Å²) in [6.07, 6.45) is 1.84. The number of halogens is 2. The molecule has 3 aromatic rings. The smallest absolute Gasteiger partial charge is 0.325 e. The standard InChI is InChI=1S/C23H18F2N4O3/c1-23(17-11-14(24)7-8-18(17)25)21(31)29(22(32)27-23)13-20(30)16-12-28(10-4-9-26)19-6-3-2-5-15(16)19/h2-3,5-8,11-12H,4,10,13H2,1H3,(H,27,32). The van der Waals surface area contributed by atoms with Gasteiger partial charge in [0.2, 0.25) is 0 Å². The molecule has 0 bridgehead atoms. The SMILES string of the molecule is CC1(c2cc(F)ccc2F)NC(=O)N(CC(=O)c2cn(CCC#N)c3ccccc23)C1=O. The monoisotopic (exact) mass is 436 g/mol. The first-order valence-corrected chi connectivity index (χ1v) is 9.84. The van der Waals surface area contributed by atoms with Crippen molar-refractivity contribution in [3.8, 4) is 6.07 Å². The minimum absolute atomic E-state index is 0.247. The molecule has 0 spiro atoms. The van der Waals surface area contributed by atoms with Gasteiger partial charge in [-0.2, -0.15) is 5.26 Å². The van der Waals surface area contributed by atoms with Crippen LogP contribution in [0.15, 0.2) is 48.7 Å². The van der Waals surface area contributed by atoms with Crippen LogP contribution in [0, 0.1) is 23.0 Å². The van der Waals surface area contributed by atoms with Crippen molar-refractivity contribution in [1.82, 2.24) is 14.8 Å². The Kier molecular flexibility index (Phi) is 5.22. The predicted molar refractivity (Wildman–Crippen MR) is 110 cm³/mol. The van der Waals surface area contributed by atoms with Crippen molar-refractivity contribution in [3.63, 3.8) is 0 Å². The average Bonchev–Trinajstić information content (AvgIpc) is 3.25. The number of para-hydroxylation sites is 1. The van der Waals surface area contributed by atoms with Gasteiger partial charge < -0.3 is 9.88 Å². The van der Waals surface area contributed by atoms with Crippen molar-refractivity contribution in [2.24, 2.45) is 0 Å². The second-order valence-electron chi connectivity index (χ2n) is 7.66. The molecule has 4 rings (SSSR count). The Morgan fingerprint density at radius 2 is 1.94 bits per heavy atom. The molecule has 9 heteroatoms. The van der Waals surface area contributed by atoms with Gasteiger partial charge in [0, 0.05) is 34.8 Å². The topological polar surface area (TPSA) is 95.2 Å². The number of fused-ring (bicyclic) bond motifs is 1. The van der Waals surface area contributed by atoms with Gasteiger partial charge in [0.1, 0.15) is 17.2 Å². The lowest BCUT2D eigenvalue weighted by atomic mass is 9.91. The van der Waals surface area contributed by atoms with Gasteiger partial charge in [0.25, 0.3) is 5.91 Å². The maximum absolute atomic E-state index is 14.3. The largest absolute Gasteiger partial charge is 0.346 e. The number of hydrogen-bond donors (Lipinski definition) is 1. The van der Waals surface area contributed by atoms with E-state index < -0.39 is 41.4 Å². The number of urea groups is 1. The Morgan fingerprint density at radius 3 is 2.69 bits per heavy atom. The summed E-state index contributed by atoms with van der Waals surface area (Å²) >= 11 is 0. The Balaban J connectivity index is 1.65. The molecule has 0 radical (unpaired) electrons.